The van der Waals surface area contributed by atoms with Gasteiger partial charge in [0.2, 0.25) is 0 Å². The Hall–Kier alpha value is -1.37. The molecule has 60 valence electrons. The molecule has 0 aliphatic rings. The molecule has 0 fully saturated rings. The Bertz CT molecular complexity index is 388. The molecule has 1 heterocycles. The fraction of sp³-hybridized carbons (Fsp3) is 0.182. The molecule has 0 saturated carbocycles. The minimum absolute atomic E-state index is 1.05. The van der Waals surface area contributed by atoms with Gasteiger partial charge >= 0.3 is 0 Å². The van der Waals surface area contributed by atoms with Gasteiger partial charge in [-0.25, -0.2) is 0 Å². The monoisotopic (exact) mass is 157 g/mol. The van der Waals surface area contributed by atoms with Gasteiger partial charge in [-0.15, -0.1) is 0 Å². The zero-order valence-corrected chi connectivity index (χ0v) is 7.12. The molecule has 0 aliphatic carbocycles. The lowest BCUT2D eigenvalue weighted by atomic mass is 10.1. The SMILES string of the molecule is CCc1cncc2ccccc12. The van der Waals surface area contributed by atoms with E-state index in [1.807, 2.05) is 18.5 Å². The van der Waals surface area contributed by atoms with Crippen molar-refractivity contribution in [3.63, 3.8) is 0 Å². The Kier molecular flexibility index (Phi) is 1.78. The zero-order valence-electron chi connectivity index (χ0n) is 7.12. The van der Waals surface area contributed by atoms with Crippen molar-refractivity contribution in [1.29, 1.82) is 0 Å². The van der Waals surface area contributed by atoms with Gasteiger partial charge in [0.1, 0.15) is 0 Å². The lowest BCUT2D eigenvalue weighted by Gasteiger charge is -2.01. The molecule has 0 spiro atoms. The summed E-state index contributed by atoms with van der Waals surface area (Å²) in [4.78, 5) is 4.18. The average molecular weight is 157 g/mol. The van der Waals surface area contributed by atoms with Crippen LogP contribution in [0, 0.1) is 0 Å². The van der Waals surface area contributed by atoms with E-state index in [1.54, 1.807) is 0 Å². The standard InChI is InChI=1S/C11H11N/c1-2-9-7-12-8-10-5-3-4-6-11(9)10/h3-8H,2H2,1H3. The van der Waals surface area contributed by atoms with Crippen LogP contribution < -0.4 is 0 Å². The molecule has 0 aliphatic heterocycles. The highest BCUT2D eigenvalue weighted by Crippen LogP contribution is 2.16. The second kappa shape index (κ2) is 2.94. The van der Waals surface area contributed by atoms with Crippen LogP contribution in [0.3, 0.4) is 0 Å². The van der Waals surface area contributed by atoms with Gasteiger partial charge in [-0.3, -0.25) is 4.98 Å². The number of hydrogen-bond acceptors (Lipinski definition) is 1. The average Bonchev–Trinajstić information content (AvgIpc) is 2.17. The molecule has 1 aromatic heterocycles. The van der Waals surface area contributed by atoms with Crippen LogP contribution in [-0.4, -0.2) is 4.98 Å². The summed E-state index contributed by atoms with van der Waals surface area (Å²) >= 11 is 0. The summed E-state index contributed by atoms with van der Waals surface area (Å²) in [6.07, 6.45) is 4.91. The van der Waals surface area contributed by atoms with Gasteiger partial charge in [0.25, 0.3) is 0 Å². The Labute approximate surface area is 72.1 Å². The van der Waals surface area contributed by atoms with E-state index >= 15 is 0 Å². The van der Waals surface area contributed by atoms with Crippen molar-refractivity contribution in [2.45, 2.75) is 13.3 Å². The quantitative estimate of drug-likeness (QED) is 0.620. The molecule has 0 saturated heterocycles. The number of benzene rings is 1. The summed E-state index contributed by atoms with van der Waals surface area (Å²) in [6, 6.07) is 8.36. The van der Waals surface area contributed by atoms with Crippen LogP contribution in [0.1, 0.15) is 12.5 Å². The smallest absolute Gasteiger partial charge is 0.0346 e. The molecule has 0 atom stereocenters. The number of rotatable bonds is 1. The van der Waals surface area contributed by atoms with E-state index in [0.29, 0.717) is 0 Å². The predicted octanol–water partition coefficient (Wildman–Crippen LogP) is 2.80. The fourth-order valence-electron chi connectivity index (χ4n) is 1.46. The van der Waals surface area contributed by atoms with E-state index < -0.39 is 0 Å². The molecule has 0 unspecified atom stereocenters. The first-order valence-corrected chi connectivity index (χ1v) is 4.23. The van der Waals surface area contributed by atoms with Crippen LogP contribution in [0.15, 0.2) is 36.7 Å². The Morgan fingerprint density at radius 1 is 1.17 bits per heavy atom. The number of fused-ring (bicyclic) bond motifs is 1. The van der Waals surface area contributed by atoms with Crippen molar-refractivity contribution in [3.8, 4) is 0 Å². The van der Waals surface area contributed by atoms with Crippen LogP contribution >= 0.6 is 0 Å². The fourth-order valence-corrected chi connectivity index (χ4v) is 1.46. The normalized spacial score (nSPS) is 10.4. The lowest BCUT2D eigenvalue weighted by molar-refractivity contribution is 1.13. The third-order valence-electron chi connectivity index (χ3n) is 2.13. The topological polar surface area (TPSA) is 12.9 Å². The molecule has 2 rings (SSSR count). The maximum Gasteiger partial charge on any atom is 0.0346 e. The molecular formula is C11H11N. The lowest BCUT2D eigenvalue weighted by Crippen LogP contribution is -1.84. The molecule has 1 aromatic carbocycles. The summed E-state index contributed by atoms with van der Waals surface area (Å²) in [6.45, 7) is 2.16. The Balaban J connectivity index is 2.79. The van der Waals surface area contributed by atoms with Gasteiger partial charge in [0.05, 0.1) is 0 Å². The number of aromatic nitrogens is 1. The maximum atomic E-state index is 4.18. The molecule has 0 N–H and O–H groups in total. The molecule has 0 amide bonds. The van der Waals surface area contributed by atoms with Crippen LogP contribution in [0.5, 0.6) is 0 Å². The Morgan fingerprint density at radius 3 is 2.83 bits per heavy atom. The van der Waals surface area contributed by atoms with Gasteiger partial charge < -0.3 is 0 Å². The molecule has 1 nitrogen and oxygen atoms in total. The molecule has 1 heteroatoms. The highest BCUT2D eigenvalue weighted by molar-refractivity contribution is 5.84. The molecular weight excluding hydrogens is 146 g/mol. The van der Waals surface area contributed by atoms with Crippen LogP contribution in [-0.2, 0) is 6.42 Å². The van der Waals surface area contributed by atoms with E-state index in [0.717, 1.165) is 6.42 Å². The van der Waals surface area contributed by atoms with Crippen LogP contribution in [0.4, 0.5) is 0 Å². The van der Waals surface area contributed by atoms with Crippen molar-refractivity contribution in [2.24, 2.45) is 0 Å². The first-order valence-electron chi connectivity index (χ1n) is 4.23. The number of pyridine rings is 1. The summed E-state index contributed by atoms with van der Waals surface area (Å²) < 4.78 is 0. The summed E-state index contributed by atoms with van der Waals surface area (Å²) in [5.41, 5.74) is 1.33. The summed E-state index contributed by atoms with van der Waals surface area (Å²) in [5, 5.41) is 2.56. The van der Waals surface area contributed by atoms with Crippen LogP contribution in [0.25, 0.3) is 10.8 Å². The number of aryl methyl sites for hydroxylation is 1. The van der Waals surface area contributed by atoms with Crippen molar-refractivity contribution in [1.82, 2.24) is 4.98 Å². The number of hydrogen-bond donors (Lipinski definition) is 0. The number of nitrogens with zero attached hydrogens (tertiary/aromatic N) is 1. The van der Waals surface area contributed by atoms with Gasteiger partial charge in [0.15, 0.2) is 0 Å². The Morgan fingerprint density at radius 2 is 2.00 bits per heavy atom. The predicted molar refractivity (Wildman–Crippen MR) is 51.1 cm³/mol. The highest BCUT2D eigenvalue weighted by Gasteiger charge is 1.96. The molecule has 0 bridgehead atoms. The van der Waals surface area contributed by atoms with Crippen molar-refractivity contribution >= 4 is 10.8 Å². The van der Waals surface area contributed by atoms with E-state index in [1.165, 1.54) is 16.3 Å². The van der Waals surface area contributed by atoms with Gasteiger partial charge in [-0.1, -0.05) is 31.2 Å². The van der Waals surface area contributed by atoms with Crippen LogP contribution in [0.2, 0.25) is 0 Å². The van der Waals surface area contributed by atoms with Crippen molar-refractivity contribution in [2.75, 3.05) is 0 Å². The van der Waals surface area contributed by atoms with E-state index in [2.05, 4.69) is 30.1 Å². The van der Waals surface area contributed by atoms with Gasteiger partial charge in [-0.05, 0) is 17.4 Å². The first kappa shape index (κ1) is 7.29. The maximum absolute atomic E-state index is 4.18. The first-order chi connectivity index (χ1) is 5.92. The highest BCUT2D eigenvalue weighted by atomic mass is 14.6. The van der Waals surface area contributed by atoms with Gasteiger partial charge in [-0.2, -0.15) is 0 Å². The summed E-state index contributed by atoms with van der Waals surface area (Å²) in [7, 11) is 0. The third kappa shape index (κ3) is 1.07. The molecule has 0 radical (unpaired) electrons. The van der Waals surface area contributed by atoms with E-state index in [4.69, 9.17) is 0 Å². The van der Waals surface area contributed by atoms with E-state index in [-0.39, 0.29) is 0 Å². The van der Waals surface area contributed by atoms with Gasteiger partial charge in [0, 0.05) is 17.8 Å². The summed E-state index contributed by atoms with van der Waals surface area (Å²) in [5.74, 6) is 0. The minimum Gasteiger partial charge on any atom is -0.264 e. The second-order valence-corrected chi connectivity index (χ2v) is 2.87. The van der Waals surface area contributed by atoms with E-state index in [9.17, 15) is 0 Å². The largest absolute Gasteiger partial charge is 0.264 e. The van der Waals surface area contributed by atoms with Crippen molar-refractivity contribution in [3.05, 3.63) is 42.2 Å². The van der Waals surface area contributed by atoms with Crippen molar-refractivity contribution < 1.29 is 0 Å². The second-order valence-electron chi connectivity index (χ2n) is 2.87. The molecule has 12 heavy (non-hydrogen) atoms. The zero-order chi connectivity index (χ0) is 8.39. The third-order valence-corrected chi connectivity index (χ3v) is 2.13. The minimum atomic E-state index is 1.05. The molecule has 2 aromatic rings.